The average Bonchev–Trinajstić information content (AvgIpc) is 2.76. The van der Waals surface area contributed by atoms with Crippen molar-refractivity contribution in [2.75, 3.05) is 19.6 Å². The van der Waals surface area contributed by atoms with E-state index in [1.807, 2.05) is 11.5 Å². The third-order valence-electron chi connectivity index (χ3n) is 6.55. The molecule has 0 radical (unpaired) electrons. The monoisotopic (exact) mass is 430 g/mol. The summed E-state index contributed by atoms with van der Waals surface area (Å²) in [4.78, 5) is 19.8. The topological polar surface area (TPSA) is 70.7 Å². The van der Waals surface area contributed by atoms with Gasteiger partial charge in [0.1, 0.15) is 17.5 Å². The van der Waals surface area contributed by atoms with E-state index >= 15 is 0 Å². The SMILES string of the molecule is Cc1nc2n(c(=O)c1CCN1CCC(C(=NO)c3ccc(F)cc3F)CC1)CCCC2. The maximum Gasteiger partial charge on any atom is 0.256 e. The van der Waals surface area contributed by atoms with E-state index in [2.05, 4.69) is 15.0 Å². The molecule has 3 heterocycles. The fourth-order valence-electron chi connectivity index (χ4n) is 4.77. The van der Waals surface area contributed by atoms with E-state index in [9.17, 15) is 18.8 Å². The summed E-state index contributed by atoms with van der Waals surface area (Å²) in [5, 5.41) is 12.8. The Kier molecular flexibility index (Phi) is 6.46. The normalized spacial score (nSPS) is 18.2. The van der Waals surface area contributed by atoms with Crippen LogP contribution in [0.2, 0.25) is 0 Å². The molecular formula is C23H28F2N4O2. The Hall–Kier alpha value is -2.61. The smallest absolute Gasteiger partial charge is 0.256 e. The van der Waals surface area contributed by atoms with Crippen LogP contribution < -0.4 is 5.56 Å². The number of aromatic nitrogens is 2. The molecule has 1 aromatic carbocycles. The zero-order valence-electron chi connectivity index (χ0n) is 17.8. The first-order valence-corrected chi connectivity index (χ1v) is 11.0. The zero-order chi connectivity index (χ0) is 22.0. The van der Waals surface area contributed by atoms with Crippen molar-refractivity contribution in [1.82, 2.24) is 14.5 Å². The number of fused-ring (bicyclic) bond motifs is 1. The van der Waals surface area contributed by atoms with Crippen LogP contribution in [-0.4, -0.2) is 45.0 Å². The first-order chi connectivity index (χ1) is 15.0. The Morgan fingerprint density at radius 2 is 2.00 bits per heavy atom. The molecule has 1 aromatic heterocycles. The highest BCUT2D eigenvalue weighted by Gasteiger charge is 2.27. The molecule has 2 aliphatic heterocycles. The van der Waals surface area contributed by atoms with E-state index in [0.29, 0.717) is 19.3 Å². The molecule has 0 aliphatic carbocycles. The summed E-state index contributed by atoms with van der Waals surface area (Å²) in [5.41, 5.74) is 2.13. The predicted octanol–water partition coefficient (Wildman–Crippen LogP) is 3.30. The van der Waals surface area contributed by atoms with E-state index < -0.39 is 11.6 Å². The highest BCUT2D eigenvalue weighted by Crippen LogP contribution is 2.24. The number of likely N-dealkylation sites (tertiary alicyclic amines) is 1. The number of piperidine rings is 1. The van der Waals surface area contributed by atoms with Crippen molar-refractivity contribution in [2.45, 2.75) is 52.0 Å². The lowest BCUT2D eigenvalue weighted by Crippen LogP contribution is -2.39. The van der Waals surface area contributed by atoms with Crippen molar-refractivity contribution in [3.8, 4) is 0 Å². The molecule has 2 aliphatic rings. The molecule has 0 saturated carbocycles. The van der Waals surface area contributed by atoms with Crippen molar-refractivity contribution in [2.24, 2.45) is 11.1 Å². The van der Waals surface area contributed by atoms with Crippen LogP contribution in [0.4, 0.5) is 8.78 Å². The lowest BCUT2D eigenvalue weighted by atomic mass is 9.88. The Morgan fingerprint density at radius 3 is 2.71 bits per heavy atom. The van der Waals surface area contributed by atoms with Gasteiger partial charge in [0.25, 0.3) is 5.56 Å². The number of benzene rings is 1. The van der Waals surface area contributed by atoms with Crippen molar-refractivity contribution < 1.29 is 14.0 Å². The summed E-state index contributed by atoms with van der Waals surface area (Å²) in [6.07, 6.45) is 5.03. The van der Waals surface area contributed by atoms with Gasteiger partial charge in [0.15, 0.2) is 0 Å². The molecule has 4 rings (SSSR count). The summed E-state index contributed by atoms with van der Waals surface area (Å²) in [6.45, 7) is 4.93. The minimum absolute atomic E-state index is 0.0959. The molecule has 31 heavy (non-hydrogen) atoms. The van der Waals surface area contributed by atoms with Crippen LogP contribution in [-0.2, 0) is 19.4 Å². The summed E-state index contributed by atoms with van der Waals surface area (Å²) in [6, 6.07) is 3.31. The maximum atomic E-state index is 14.1. The van der Waals surface area contributed by atoms with Crippen LogP contribution >= 0.6 is 0 Å². The summed E-state index contributed by atoms with van der Waals surface area (Å²) < 4.78 is 29.2. The number of rotatable bonds is 5. The molecule has 0 spiro atoms. The number of hydrogen-bond donors (Lipinski definition) is 1. The van der Waals surface area contributed by atoms with Gasteiger partial charge in [-0.25, -0.2) is 13.8 Å². The lowest BCUT2D eigenvalue weighted by molar-refractivity contribution is 0.208. The van der Waals surface area contributed by atoms with Crippen molar-refractivity contribution in [3.63, 3.8) is 0 Å². The first-order valence-electron chi connectivity index (χ1n) is 11.0. The molecule has 8 heteroatoms. The van der Waals surface area contributed by atoms with Gasteiger partial charge in [-0.3, -0.25) is 9.36 Å². The van der Waals surface area contributed by atoms with Crippen LogP contribution in [0.3, 0.4) is 0 Å². The second-order valence-corrected chi connectivity index (χ2v) is 8.48. The zero-order valence-corrected chi connectivity index (χ0v) is 17.8. The standard InChI is InChI=1S/C23H28F2N4O2/c1-15-18(23(30)29-10-3-2-4-21(29)26-15)9-13-28-11-7-16(8-12-28)22(27-31)19-6-5-17(24)14-20(19)25/h5-6,14,16,31H,2-4,7-13H2,1H3. The Bertz CT molecular complexity index is 1040. The first kappa shape index (κ1) is 21.6. The van der Waals surface area contributed by atoms with Gasteiger partial charge >= 0.3 is 0 Å². The van der Waals surface area contributed by atoms with Gasteiger partial charge in [-0.1, -0.05) is 5.16 Å². The second kappa shape index (κ2) is 9.26. The fourth-order valence-corrected chi connectivity index (χ4v) is 4.77. The molecule has 1 fully saturated rings. The maximum absolute atomic E-state index is 14.1. The molecular weight excluding hydrogens is 402 g/mol. The van der Waals surface area contributed by atoms with Crippen molar-refractivity contribution in [3.05, 3.63) is 62.8 Å². The van der Waals surface area contributed by atoms with Crippen molar-refractivity contribution >= 4 is 5.71 Å². The quantitative estimate of drug-likeness (QED) is 0.449. The number of halogens is 2. The Balaban J connectivity index is 1.38. The third-order valence-corrected chi connectivity index (χ3v) is 6.55. The van der Waals surface area contributed by atoms with Crippen LogP contribution in [0.15, 0.2) is 28.1 Å². The molecule has 0 atom stereocenters. The molecule has 0 unspecified atom stereocenters. The van der Waals surface area contributed by atoms with Crippen LogP contribution in [0, 0.1) is 24.5 Å². The lowest BCUT2D eigenvalue weighted by Gasteiger charge is -2.32. The fraction of sp³-hybridized carbons (Fsp3) is 0.522. The number of nitrogens with zero attached hydrogens (tertiary/aromatic N) is 4. The second-order valence-electron chi connectivity index (χ2n) is 8.48. The molecule has 0 amide bonds. The highest BCUT2D eigenvalue weighted by atomic mass is 19.1. The Morgan fingerprint density at radius 1 is 1.23 bits per heavy atom. The predicted molar refractivity (Wildman–Crippen MR) is 114 cm³/mol. The largest absolute Gasteiger partial charge is 0.411 e. The van der Waals surface area contributed by atoms with E-state index in [0.717, 1.165) is 68.6 Å². The molecule has 166 valence electrons. The van der Waals surface area contributed by atoms with Crippen LogP contribution in [0.25, 0.3) is 0 Å². The van der Waals surface area contributed by atoms with Gasteiger partial charge in [-0.05, 0) is 64.3 Å². The van der Waals surface area contributed by atoms with E-state index in [4.69, 9.17) is 0 Å². The Labute approximate surface area is 180 Å². The van der Waals surface area contributed by atoms with E-state index in [1.165, 1.54) is 12.1 Å². The molecule has 1 N–H and O–H groups in total. The average molecular weight is 430 g/mol. The van der Waals surface area contributed by atoms with E-state index in [1.54, 1.807) is 0 Å². The van der Waals surface area contributed by atoms with Crippen molar-refractivity contribution in [1.29, 1.82) is 0 Å². The molecule has 0 bridgehead atoms. The van der Waals surface area contributed by atoms with Gasteiger partial charge in [-0.15, -0.1) is 0 Å². The minimum atomic E-state index is -0.717. The van der Waals surface area contributed by atoms with Gasteiger partial charge < -0.3 is 10.1 Å². The van der Waals surface area contributed by atoms with Gasteiger partial charge in [-0.2, -0.15) is 0 Å². The number of aryl methyl sites for hydroxylation is 2. The summed E-state index contributed by atoms with van der Waals surface area (Å²) in [7, 11) is 0. The van der Waals surface area contributed by atoms with E-state index in [-0.39, 0.29) is 22.8 Å². The van der Waals surface area contributed by atoms with Crippen LogP contribution in [0.5, 0.6) is 0 Å². The summed E-state index contributed by atoms with van der Waals surface area (Å²) in [5.74, 6) is -0.566. The molecule has 6 nitrogen and oxygen atoms in total. The minimum Gasteiger partial charge on any atom is -0.411 e. The van der Waals surface area contributed by atoms with Gasteiger partial charge in [0.05, 0.1) is 5.71 Å². The highest BCUT2D eigenvalue weighted by molar-refractivity contribution is 6.02. The van der Waals surface area contributed by atoms with Crippen LogP contribution in [0.1, 0.15) is 48.3 Å². The van der Waals surface area contributed by atoms with Gasteiger partial charge in [0, 0.05) is 48.3 Å². The van der Waals surface area contributed by atoms with Gasteiger partial charge in [0.2, 0.25) is 0 Å². The number of hydrogen-bond acceptors (Lipinski definition) is 5. The summed E-state index contributed by atoms with van der Waals surface area (Å²) >= 11 is 0. The third kappa shape index (κ3) is 4.54. The molecule has 2 aromatic rings. The number of oxime groups is 1. The molecule has 1 saturated heterocycles.